The Bertz CT molecular complexity index is 569. The van der Waals surface area contributed by atoms with Crippen LogP contribution in [0.5, 0.6) is 0 Å². The van der Waals surface area contributed by atoms with Gasteiger partial charge in [0.05, 0.1) is 13.2 Å². The van der Waals surface area contributed by atoms with E-state index in [-0.39, 0.29) is 11.8 Å². The topological polar surface area (TPSA) is 87.9 Å². The fourth-order valence-corrected chi connectivity index (χ4v) is 2.90. The van der Waals surface area contributed by atoms with E-state index >= 15 is 0 Å². The molecule has 3 N–H and O–H groups in total. The Labute approximate surface area is 149 Å². The largest absolute Gasteiger partial charge is 0.383 e. The molecular formula is C18H28N4O3. The molecule has 1 heterocycles. The second-order valence-electron chi connectivity index (χ2n) is 6.48. The van der Waals surface area contributed by atoms with Crippen molar-refractivity contribution in [1.82, 2.24) is 15.1 Å². The monoisotopic (exact) mass is 348 g/mol. The number of benzene rings is 1. The van der Waals surface area contributed by atoms with Gasteiger partial charge in [0.15, 0.2) is 0 Å². The molecule has 1 aromatic carbocycles. The number of nitrogens with zero attached hydrogens (tertiary/aromatic N) is 2. The number of amides is 2. The fourth-order valence-electron chi connectivity index (χ4n) is 2.90. The third-order valence-electron chi connectivity index (χ3n) is 4.47. The summed E-state index contributed by atoms with van der Waals surface area (Å²) in [6.45, 7) is 5.57. The number of piperazine rings is 1. The summed E-state index contributed by atoms with van der Waals surface area (Å²) in [5.74, 6) is -0.104. The highest BCUT2D eigenvalue weighted by atomic mass is 16.5. The van der Waals surface area contributed by atoms with Gasteiger partial charge in [-0.25, -0.2) is 0 Å². The first kappa shape index (κ1) is 19.4. The van der Waals surface area contributed by atoms with Crippen LogP contribution in [0.4, 0.5) is 0 Å². The standard InChI is InChI=1S/C18H28N4O3/c1-18(19,15-6-4-3-5-7-15)17(24)22-11-9-21(10-12-22)14-16(23)20-8-13-25-2/h3-7H,8-14,19H2,1-2H3,(H,20,23). The lowest BCUT2D eigenvalue weighted by Crippen LogP contribution is -2.57. The van der Waals surface area contributed by atoms with E-state index in [1.165, 1.54) is 0 Å². The van der Waals surface area contributed by atoms with Crippen LogP contribution in [0, 0.1) is 0 Å². The minimum atomic E-state index is -1.04. The molecule has 138 valence electrons. The molecule has 0 bridgehead atoms. The summed E-state index contributed by atoms with van der Waals surface area (Å²) >= 11 is 0. The van der Waals surface area contributed by atoms with Gasteiger partial charge in [-0.2, -0.15) is 0 Å². The number of hydrogen-bond acceptors (Lipinski definition) is 5. The van der Waals surface area contributed by atoms with E-state index in [9.17, 15) is 9.59 Å². The molecule has 7 heteroatoms. The first-order valence-corrected chi connectivity index (χ1v) is 8.57. The van der Waals surface area contributed by atoms with Gasteiger partial charge >= 0.3 is 0 Å². The Balaban J connectivity index is 1.83. The maximum atomic E-state index is 12.8. The van der Waals surface area contributed by atoms with Crippen molar-refractivity contribution in [1.29, 1.82) is 0 Å². The van der Waals surface area contributed by atoms with Crippen LogP contribution in [0.2, 0.25) is 0 Å². The molecule has 7 nitrogen and oxygen atoms in total. The Morgan fingerprint density at radius 3 is 2.44 bits per heavy atom. The van der Waals surface area contributed by atoms with Crippen LogP contribution in [0.1, 0.15) is 12.5 Å². The Kier molecular flexibility index (Phi) is 6.92. The van der Waals surface area contributed by atoms with Gasteiger partial charge in [0.2, 0.25) is 11.8 Å². The van der Waals surface area contributed by atoms with Crippen LogP contribution < -0.4 is 11.1 Å². The van der Waals surface area contributed by atoms with Crippen LogP contribution in [0.3, 0.4) is 0 Å². The third-order valence-corrected chi connectivity index (χ3v) is 4.47. The molecule has 1 aliphatic rings. The number of nitrogens with two attached hydrogens (primary N) is 1. The third kappa shape index (κ3) is 5.26. The normalized spacial score (nSPS) is 17.8. The molecule has 0 radical (unpaired) electrons. The second-order valence-corrected chi connectivity index (χ2v) is 6.48. The first-order chi connectivity index (χ1) is 11.9. The fraction of sp³-hybridized carbons (Fsp3) is 0.556. The number of nitrogens with one attached hydrogen (secondary N) is 1. The summed E-state index contributed by atoms with van der Waals surface area (Å²) < 4.78 is 4.91. The number of carbonyl (C=O) groups is 2. The van der Waals surface area contributed by atoms with Crippen LogP contribution in [0.15, 0.2) is 30.3 Å². The van der Waals surface area contributed by atoms with Crippen molar-refractivity contribution in [3.05, 3.63) is 35.9 Å². The van der Waals surface area contributed by atoms with Crippen molar-refractivity contribution in [3.63, 3.8) is 0 Å². The molecule has 2 amide bonds. The maximum Gasteiger partial charge on any atom is 0.247 e. The van der Waals surface area contributed by atoms with Crippen molar-refractivity contribution in [3.8, 4) is 0 Å². The average molecular weight is 348 g/mol. The van der Waals surface area contributed by atoms with Gasteiger partial charge in [-0.1, -0.05) is 30.3 Å². The minimum absolute atomic E-state index is 0.0234. The predicted molar refractivity (Wildman–Crippen MR) is 95.9 cm³/mol. The molecule has 1 atom stereocenters. The van der Waals surface area contributed by atoms with Crippen molar-refractivity contribution in [2.45, 2.75) is 12.5 Å². The van der Waals surface area contributed by atoms with Crippen molar-refractivity contribution in [2.24, 2.45) is 5.73 Å². The SMILES string of the molecule is COCCNC(=O)CN1CCN(C(=O)C(C)(N)c2ccccc2)CC1. The summed E-state index contributed by atoms with van der Waals surface area (Å²) in [5.41, 5.74) is 6.08. The van der Waals surface area contributed by atoms with Gasteiger partial charge in [0, 0.05) is 39.8 Å². The number of carbonyl (C=O) groups excluding carboxylic acids is 2. The number of hydrogen-bond donors (Lipinski definition) is 2. The van der Waals surface area contributed by atoms with Crippen molar-refractivity contribution in [2.75, 3.05) is 53.0 Å². The zero-order valence-electron chi connectivity index (χ0n) is 15.0. The predicted octanol–water partition coefficient (Wildman–Crippen LogP) is -0.233. The quantitative estimate of drug-likeness (QED) is 0.665. The molecule has 0 aromatic heterocycles. The zero-order valence-corrected chi connectivity index (χ0v) is 15.0. The first-order valence-electron chi connectivity index (χ1n) is 8.57. The molecule has 1 aromatic rings. The van der Waals surface area contributed by atoms with Gasteiger partial charge < -0.3 is 20.7 Å². The minimum Gasteiger partial charge on any atom is -0.383 e. The number of methoxy groups -OCH3 is 1. The summed E-state index contributed by atoms with van der Waals surface area (Å²) in [5, 5.41) is 2.80. The summed E-state index contributed by atoms with van der Waals surface area (Å²) in [6.07, 6.45) is 0. The second kappa shape index (κ2) is 8.94. The van der Waals surface area contributed by atoms with E-state index in [1.54, 1.807) is 18.9 Å². The maximum absolute atomic E-state index is 12.8. The Hall–Kier alpha value is -1.96. The van der Waals surface area contributed by atoms with Gasteiger partial charge in [-0.3, -0.25) is 14.5 Å². The van der Waals surface area contributed by atoms with Crippen LogP contribution in [-0.2, 0) is 19.9 Å². The summed E-state index contributed by atoms with van der Waals surface area (Å²) in [6, 6.07) is 9.42. The van der Waals surface area contributed by atoms with E-state index < -0.39 is 5.54 Å². The Morgan fingerprint density at radius 1 is 1.20 bits per heavy atom. The average Bonchev–Trinajstić information content (AvgIpc) is 2.62. The highest BCUT2D eigenvalue weighted by molar-refractivity contribution is 5.87. The molecule has 0 saturated carbocycles. The highest BCUT2D eigenvalue weighted by Crippen LogP contribution is 2.21. The highest BCUT2D eigenvalue weighted by Gasteiger charge is 2.35. The van der Waals surface area contributed by atoms with E-state index in [4.69, 9.17) is 10.5 Å². The van der Waals surface area contributed by atoms with Crippen molar-refractivity contribution >= 4 is 11.8 Å². The van der Waals surface area contributed by atoms with Crippen LogP contribution in [0.25, 0.3) is 0 Å². The molecule has 0 spiro atoms. The van der Waals surface area contributed by atoms with E-state index in [1.807, 2.05) is 35.2 Å². The van der Waals surface area contributed by atoms with Gasteiger partial charge in [-0.05, 0) is 12.5 Å². The molecule has 25 heavy (non-hydrogen) atoms. The molecule has 1 saturated heterocycles. The van der Waals surface area contributed by atoms with Crippen LogP contribution >= 0.6 is 0 Å². The molecule has 1 aliphatic heterocycles. The van der Waals surface area contributed by atoms with E-state index in [0.29, 0.717) is 45.9 Å². The van der Waals surface area contributed by atoms with E-state index in [0.717, 1.165) is 5.56 Å². The Morgan fingerprint density at radius 2 is 1.84 bits per heavy atom. The molecular weight excluding hydrogens is 320 g/mol. The summed E-state index contributed by atoms with van der Waals surface area (Å²) in [4.78, 5) is 28.5. The zero-order chi connectivity index (χ0) is 18.3. The molecule has 0 aliphatic carbocycles. The van der Waals surface area contributed by atoms with Gasteiger partial charge in [0.25, 0.3) is 0 Å². The van der Waals surface area contributed by atoms with Gasteiger partial charge in [-0.15, -0.1) is 0 Å². The smallest absolute Gasteiger partial charge is 0.247 e. The lowest BCUT2D eigenvalue weighted by atomic mass is 9.91. The molecule has 1 fully saturated rings. The number of ether oxygens (including phenoxy) is 1. The summed E-state index contributed by atoms with van der Waals surface area (Å²) in [7, 11) is 1.60. The van der Waals surface area contributed by atoms with Gasteiger partial charge in [0.1, 0.15) is 5.54 Å². The molecule has 2 rings (SSSR count). The lowest BCUT2D eigenvalue weighted by molar-refractivity contribution is -0.138. The van der Waals surface area contributed by atoms with Crippen molar-refractivity contribution < 1.29 is 14.3 Å². The van der Waals surface area contributed by atoms with Crippen LogP contribution in [-0.4, -0.2) is 74.6 Å². The lowest BCUT2D eigenvalue weighted by Gasteiger charge is -2.38. The van der Waals surface area contributed by atoms with E-state index in [2.05, 4.69) is 5.32 Å². The molecule has 1 unspecified atom stereocenters. The number of rotatable bonds is 7.